The average Bonchev–Trinajstić information content (AvgIpc) is 3.14. The molecule has 5 rings (SSSR count). The highest BCUT2D eigenvalue weighted by Gasteiger charge is 2.39. The highest BCUT2D eigenvalue weighted by molar-refractivity contribution is 5.79. The Labute approximate surface area is 136 Å². The molecular weight excluding hydrogens is 282 g/mol. The molecule has 3 aromatic rings. The van der Waals surface area contributed by atoms with Crippen LogP contribution in [0.3, 0.4) is 0 Å². The summed E-state index contributed by atoms with van der Waals surface area (Å²) in [5.74, 6) is 2.48. The van der Waals surface area contributed by atoms with Gasteiger partial charge in [-0.1, -0.05) is 19.1 Å². The monoisotopic (exact) mass is 302 g/mol. The van der Waals surface area contributed by atoms with Crippen LogP contribution in [0.25, 0.3) is 17.1 Å². The molecular formula is C20H20N3+. The van der Waals surface area contributed by atoms with Gasteiger partial charge in [0.1, 0.15) is 0 Å². The van der Waals surface area contributed by atoms with E-state index in [9.17, 15) is 0 Å². The molecule has 23 heavy (non-hydrogen) atoms. The van der Waals surface area contributed by atoms with Crippen LogP contribution in [0.2, 0.25) is 0 Å². The summed E-state index contributed by atoms with van der Waals surface area (Å²) in [5, 5.41) is 0. The summed E-state index contributed by atoms with van der Waals surface area (Å²) >= 11 is 0. The van der Waals surface area contributed by atoms with Crippen molar-refractivity contribution < 1.29 is 4.57 Å². The van der Waals surface area contributed by atoms with Gasteiger partial charge in [-0.15, -0.1) is 0 Å². The zero-order valence-corrected chi connectivity index (χ0v) is 13.8. The van der Waals surface area contributed by atoms with Crippen LogP contribution in [0.15, 0.2) is 30.5 Å². The number of hydrogen-bond donors (Lipinski definition) is 0. The van der Waals surface area contributed by atoms with E-state index in [1.54, 1.807) is 0 Å². The Kier molecular flexibility index (Phi) is 2.45. The van der Waals surface area contributed by atoms with E-state index in [2.05, 4.69) is 60.5 Å². The normalized spacial score (nSPS) is 13.7. The number of hydrogen-bond acceptors (Lipinski definition) is 1. The molecule has 0 saturated heterocycles. The maximum Gasteiger partial charge on any atom is 0.291 e. The fourth-order valence-electron chi connectivity index (χ4n) is 4.36. The Morgan fingerprint density at radius 3 is 2.87 bits per heavy atom. The maximum absolute atomic E-state index is 4.99. The van der Waals surface area contributed by atoms with Crippen molar-refractivity contribution in [3.63, 3.8) is 0 Å². The number of fused-ring (bicyclic) bond motifs is 7. The van der Waals surface area contributed by atoms with Crippen molar-refractivity contribution in [2.75, 3.05) is 0 Å². The lowest BCUT2D eigenvalue weighted by Crippen LogP contribution is -2.33. The van der Waals surface area contributed by atoms with Gasteiger partial charge >= 0.3 is 0 Å². The summed E-state index contributed by atoms with van der Waals surface area (Å²) in [7, 11) is 2.13. The smallest absolute Gasteiger partial charge is 0.236 e. The number of nitrogens with zero attached hydrogens (tertiary/aromatic N) is 3. The second-order valence-electron chi connectivity index (χ2n) is 6.72. The van der Waals surface area contributed by atoms with E-state index in [-0.39, 0.29) is 0 Å². The molecule has 0 saturated carbocycles. The van der Waals surface area contributed by atoms with Gasteiger partial charge in [-0.25, -0.2) is 9.55 Å². The standard InChI is InChI=1S/C20H20N3/c1-4-13-7-8-14-10-16-19(18(14)12(13)2)23-17(21-16)11-15-6-5-9-22(3)20(15)23/h5-9H,4,10-11H2,1-3H3/q+1. The molecule has 0 fully saturated rings. The number of aryl methyl sites for hydroxylation is 2. The third-order valence-corrected chi connectivity index (χ3v) is 5.45. The van der Waals surface area contributed by atoms with Crippen LogP contribution in [0.5, 0.6) is 0 Å². The Hall–Kier alpha value is -2.42. The lowest BCUT2D eigenvalue weighted by atomic mass is 9.96. The van der Waals surface area contributed by atoms with Gasteiger partial charge in [-0.2, -0.15) is 4.57 Å². The molecule has 0 amide bonds. The van der Waals surface area contributed by atoms with Crippen LogP contribution in [0, 0.1) is 6.92 Å². The number of benzene rings is 1. The van der Waals surface area contributed by atoms with Gasteiger partial charge in [0, 0.05) is 12.0 Å². The number of imidazole rings is 1. The largest absolute Gasteiger partial charge is 0.291 e. The second kappa shape index (κ2) is 4.31. The first kappa shape index (κ1) is 13.1. The highest BCUT2D eigenvalue weighted by Crippen LogP contribution is 2.43. The molecule has 1 aromatic carbocycles. The summed E-state index contributed by atoms with van der Waals surface area (Å²) in [6.07, 6.45) is 5.13. The van der Waals surface area contributed by atoms with Crippen LogP contribution in [0.1, 0.15) is 40.7 Å². The summed E-state index contributed by atoms with van der Waals surface area (Å²) in [6.45, 7) is 4.51. The quantitative estimate of drug-likeness (QED) is 0.436. The molecule has 0 N–H and O–H groups in total. The third kappa shape index (κ3) is 1.55. The first-order valence-electron chi connectivity index (χ1n) is 8.39. The summed E-state index contributed by atoms with van der Waals surface area (Å²) in [4.78, 5) is 4.99. The molecule has 0 spiro atoms. The van der Waals surface area contributed by atoms with Crippen LogP contribution in [0.4, 0.5) is 0 Å². The van der Waals surface area contributed by atoms with Gasteiger partial charge < -0.3 is 0 Å². The summed E-state index contributed by atoms with van der Waals surface area (Å²) in [6, 6.07) is 8.94. The van der Waals surface area contributed by atoms with Crippen LogP contribution < -0.4 is 4.57 Å². The second-order valence-corrected chi connectivity index (χ2v) is 6.72. The molecule has 2 aromatic heterocycles. The van der Waals surface area contributed by atoms with Gasteiger partial charge in [0.2, 0.25) is 5.82 Å². The maximum atomic E-state index is 4.99. The molecule has 0 atom stereocenters. The van der Waals surface area contributed by atoms with Gasteiger partial charge in [-0.3, -0.25) is 0 Å². The van der Waals surface area contributed by atoms with Gasteiger partial charge in [0.05, 0.1) is 30.9 Å². The van der Waals surface area contributed by atoms with Gasteiger partial charge in [0.25, 0.3) is 5.82 Å². The summed E-state index contributed by atoms with van der Waals surface area (Å²) in [5.41, 5.74) is 9.69. The molecule has 0 unspecified atom stereocenters. The fraction of sp³-hybridized carbons (Fsp3) is 0.300. The molecule has 0 bridgehead atoms. The topological polar surface area (TPSA) is 21.7 Å². The van der Waals surface area contributed by atoms with Gasteiger partial charge in [0.15, 0.2) is 5.69 Å². The molecule has 2 aliphatic rings. The highest BCUT2D eigenvalue weighted by atomic mass is 15.2. The minimum atomic E-state index is 0.943. The molecule has 3 heteroatoms. The molecule has 3 nitrogen and oxygen atoms in total. The Morgan fingerprint density at radius 1 is 1.17 bits per heavy atom. The predicted molar refractivity (Wildman–Crippen MR) is 89.9 cm³/mol. The molecule has 0 radical (unpaired) electrons. The molecule has 3 heterocycles. The van der Waals surface area contributed by atoms with Crippen molar-refractivity contribution in [2.45, 2.75) is 33.1 Å². The number of aromatic nitrogens is 3. The van der Waals surface area contributed by atoms with Crippen LogP contribution in [-0.2, 0) is 26.3 Å². The molecule has 114 valence electrons. The Balaban J connectivity index is 1.85. The Bertz CT molecular complexity index is 979. The van der Waals surface area contributed by atoms with Crippen molar-refractivity contribution in [2.24, 2.45) is 7.05 Å². The van der Waals surface area contributed by atoms with Crippen LogP contribution >= 0.6 is 0 Å². The SMILES string of the molecule is CCc1ccc2c(c1C)-c1c(nc3n1-c1c(ccc[n+]1C)C3)C2. The minimum absolute atomic E-state index is 0.943. The summed E-state index contributed by atoms with van der Waals surface area (Å²) < 4.78 is 4.63. The van der Waals surface area contributed by atoms with Crippen molar-refractivity contribution in [1.82, 2.24) is 9.55 Å². The zero-order valence-electron chi connectivity index (χ0n) is 13.8. The zero-order chi connectivity index (χ0) is 15.7. The minimum Gasteiger partial charge on any atom is -0.236 e. The van der Waals surface area contributed by atoms with E-state index in [1.807, 2.05) is 0 Å². The van der Waals surface area contributed by atoms with Crippen molar-refractivity contribution in [3.05, 3.63) is 64.2 Å². The molecule has 1 aliphatic carbocycles. The Morgan fingerprint density at radius 2 is 2.04 bits per heavy atom. The fourth-order valence-corrected chi connectivity index (χ4v) is 4.36. The van der Waals surface area contributed by atoms with Gasteiger partial charge in [-0.05, 0) is 42.2 Å². The van der Waals surface area contributed by atoms with Crippen molar-refractivity contribution >= 4 is 0 Å². The van der Waals surface area contributed by atoms with E-state index in [1.165, 1.54) is 50.8 Å². The van der Waals surface area contributed by atoms with E-state index in [0.717, 1.165) is 19.3 Å². The predicted octanol–water partition coefficient (Wildman–Crippen LogP) is 3.04. The van der Waals surface area contributed by atoms with Crippen molar-refractivity contribution in [1.29, 1.82) is 0 Å². The first-order valence-corrected chi connectivity index (χ1v) is 8.39. The van der Waals surface area contributed by atoms with Crippen molar-refractivity contribution in [3.8, 4) is 17.1 Å². The van der Waals surface area contributed by atoms with Crippen LogP contribution in [-0.4, -0.2) is 9.55 Å². The first-order chi connectivity index (χ1) is 11.2. The van der Waals surface area contributed by atoms with E-state index >= 15 is 0 Å². The average molecular weight is 302 g/mol. The molecule has 1 aliphatic heterocycles. The third-order valence-electron chi connectivity index (χ3n) is 5.45. The van der Waals surface area contributed by atoms with E-state index in [4.69, 9.17) is 4.98 Å². The van der Waals surface area contributed by atoms with E-state index < -0.39 is 0 Å². The number of rotatable bonds is 1. The number of pyridine rings is 1. The lowest BCUT2D eigenvalue weighted by Gasteiger charge is -2.10. The van der Waals surface area contributed by atoms with E-state index in [0.29, 0.717) is 0 Å². The lowest BCUT2D eigenvalue weighted by molar-refractivity contribution is -0.665.